The summed E-state index contributed by atoms with van der Waals surface area (Å²) in [6.07, 6.45) is 15.1. The van der Waals surface area contributed by atoms with Crippen LogP contribution in [0.5, 0.6) is 0 Å². The van der Waals surface area contributed by atoms with E-state index in [1.807, 2.05) is 0 Å². The van der Waals surface area contributed by atoms with Gasteiger partial charge in [-0.3, -0.25) is 4.79 Å². The van der Waals surface area contributed by atoms with Crippen molar-refractivity contribution >= 4 is 11.6 Å². The number of hydrogen-bond donors (Lipinski definition) is 1. The lowest BCUT2D eigenvalue weighted by molar-refractivity contribution is -0.121. The maximum Gasteiger partial charge on any atom is 0.219 e. The van der Waals surface area contributed by atoms with Crippen LogP contribution in [-0.2, 0) is 9.63 Å². The smallest absolute Gasteiger partial charge is 0.219 e. The molecule has 0 saturated carbocycles. The first-order valence-electron chi connectivity index (χ1n) is 8.88. The van der Waals surface area contributed by atoms with E-state index in [0.717, 1.165) is 37.9 Å². The van der Waals surface area contributed by atoms with Gasteiger partial charge in [0.25, 0.3) is 0 Å². The monoisotopic (exact) mass is 308 g/mol. The Labute approximate surface area is 135 Å². The first-order chi connectivity index (χ1) is 10.8. The minimum absolute atomic E-state index is 0.188. The van der Waals surface area contributed by atoms with Crippen LogP contribution in [0.1, 0.15) is 77.0 Å². The Morgan fingerprint density at radius 1 is 0.955 bits per heavy atom. The van der Waals surface area contributed by atoms with Gasteiger partial charge in [-0.15, -0.1) is 0 Å². The van der Waals surface area contributed by atoms with E-state index in [9.17, 15) is 4.79 Å². The Balaban J connectivity index is 2.39. The Morgan fingerprint density at radius 2 is 1.55 bits per heavy atom. The minimum Gasteiger partial charge on any atom is -0.392 e. The standard InChI is InChI=1S/C18H32N2O2/c1-2-16-22-20-17-12-9-7-5-3-4-6-8-10-14-18(21)19-15-11-13-17/h2H,1,3-16H2,(H,19,21)/b20-17+. The van der Waals surface area contributed by atoms with E-state index in [0.29, 0.717) is 13.0 Å². The third-order valence-corrected chi connectivity index (χ3v) is 3.97. The third-order valence-electron chi connectivity index (χ3n) is 3.97. The van der Waals surface area contributed by atoms with E-state index in [2.05, 4.69) is 17.1 Å². The summed E-state index contributed by atoms with van der Waals surface area (Å²) in [6.45, 7) is 4.82. The number of hydrogen-bond acceptors (Lipinski definition) is 3. The SMILES string of the molecule is C=CCO/N=C1\CCCCCCCCCCC(=O)NCCC1. The molecule has 0 radical (unpaired) electrons. The van der Waals surface area contributed by atoms with Crippen molar-refractivity contribution in [1.29, 1.82) is 0 Å². The zero-order chi connectivity index (χ0) is 15.9. The van der Waals surface area contributed by atoms with E-state index < -0.39 is 0 Å². The first kappa shape index (κ1) is 18.7. The van der Waals surface area contributed by atoms with Crippen LogP contribution >= 0.6 is 0 Å². The molecule has 0 bridgehead atoms. The second kappa shape index (κ2) is 13.4. The molecule has 1 aliphatic rings. The molecule has 22 heavy (non-hydrogen) atoms. The van der Waals surface area contributed by atoms with Gasteiger partial charge in [-0.05, 0) is 32.1 Å². The molecule has 4 nitrogen and oxygen atoms in total. The highest BCUT2D eigenvalue weighted by atomic mass is 16.6. The lowest BCUT2D eigenvalue weighted by Crippen LogP contribution is -2.24. The lowest BCUT2D eigenvalue weighted by Gasteiger charge is -2.09. The van der Waals surface area contributed by atoms with Crippen LogP contribution in [0, 0.1) is 0 Å². The number of carbonyl (C=O) groups excluding carboxylic acids is 1. The van der Waals surface area contributed by atoms with Crippen molar-refractivity contribution in [2.24, 2.45) is 5.16 Å². The molecule has 1 saturated heterocycles. The molecule has 0 aromatic carbocycles. The second-order valence-corrected chi connectivity index (χ2v) is 6.02. The van der Waals surface area contributed by atoms with Crippen molar-refractivity contribution in [3.63, 3.8) is 0 Å². The summed E-state index contributed by atoms with van der Waals surface area (Å²) in [5.74, 6) is 0.188. The van der Waals surface area contributed by atoms with Gasteiger partial charge in [0, 0.05) is 13.0 Å². The summed E-state index contributed by atoms with van der Waals surface area (Å²) in [5.41, 5.74) is 1.11. The lowest BCUT2D eigenvalue weighted by atomic mass is 10.0. The maximum atomic E-state index is 11.7. The van der Waals surface area contributed by atoms with Gasteiger partial charge < -0.3 is 10.2 Å². The van der Waals surface area contributed by atoms with Crippen molar-refractivity contribution in [2.45, 2.75) is 77.0 Å². The van der Waals surface area contributed by atoms with Crippen molar-refractivity contribution in [2.75, 3.05) is 13.2 Å². The second-order valence-electron chi connectivity index (χ2n) is 6.02. The average Bonchev–Trinajstić information content (AvgIpc) is 2.51. The van der Waals surface area contributed by atoms with Crippen LogP contribution < -0.4 is 5.32 Å². The van der Waals surface area contributed by atoms with Gasteiger partial charge in [0.15, 0.2) is 0 Å². The summed E-state index contributed by atoms with van der Waals surface area (Å²) in [7, 11) is 0. The summed E-state index contributed by atoms with van der Waals surface area (Å²) in [6, 6.07) is 0. The van der Waals surface area contributed by atoms with E-state index >= 15 is 0 Å². The molecular formula is C18H32N2O2. The summed E-state index contributed by atoms with van der Waals surface area (Å²) >= 11 is 0. The van der Waals surface area contributed by atoms with Crippen LogP contribution in [0.2, 0.25) is 0 Å². The normalized spacial score (nSPS) is 22.0. The Hall–Kier alpha value is -1.32. The Bertz CT molecular complexity index is 340. The summed E-state index contributed by atoms with van der Waals surface area (Å²) < 4.78 is 0. The fourth-order valence-corrected chi connectivity index (χ4v) is 2.68. The Kier molecular flexibility index (Phi) is 11.4. The molecule has 1 heterocycles. The number of carbonyl (C=O) groups is 1. The molecule has 1 fully saturated rings. The van der Waals surface area contributed by atoms with Gasteiger partial charge in [0.05, 0.1) is 5.71 Å². The molecule has 0 unspecified atom stereocenters. The number of nitrogens with one attached hydrogen (secondary N) is 1. The molecule has 0 aromatic heterocycles. The van der Waals surface area contributed by atoms with E-state index in [1.54, 1.807) is 6.08 Å². The topological polar surface area (TPSA) is 50.7 Å². The van der Waals surface area contributed by atoms with Crippen molar-refractivity contribution in [3.05, 3.63) is 12.7 Å². The fourth-order valence-electron chi connectivity index (χ4n) is 2.68. The molecule has 4 heteroatoms. The fraction of sp³-hybridized carbons (Fsp3) is 0.778. The molecular weight excluding hydrogens is 276 g/mol. The zero-order valence-corrected chi connectivity index (χ0v) is 13.9. The van der Waals surface area contributed by atoms with Crippen LogP contribution in [0.25, 0.3) is 0 Å². The molecule has 126 valence electrons. The molecule has 0 atom stereocenters. The largest absolute Gasteiger partial charge is 0.392 e. The highest BCUT2D eigenvalue weighted by Gasteiger charge is 2.05. The minimum atomic E-state index is 0.188. The highest BCUT2D eigenvalue weighted by Crippen LogP contribution is 2.12. The molecule has 0 spiro atoms. The van der Waals surface area contributed by atoms with E-state index in [1.165, 1.54) is 44.9 Å². The van der Waals surface area contributed by atoms with Gasteiger partial charge in [-0.1, -0.05) is 56.3 Å². The van der Waals surface area contributed by atoms with E-state index in [-0.39, 0.29) is 5.91 Å². The van der Waals surface area contributed by atoms with Crippen molar-refractivity contribution < 1.29 is 9.63 Å². The molecule has 0 aliphatic carbocycles. The van der Waals surface area contributed by atoms with Crippen LogP contribution in [0.3, 0.4) is 0 Å². The van der Waals surface area contributed by atoms with Gasteiger partial charge in [0.2, 0.25) is 5.91 Å². The highest BCUT2D eigenvalue weighted by molar-refractivity contribution is 5.84. The predicted octanol–water partition coefficient (Wildman–Crippen LogP) is 4.36. The van der Waals surface area contributed by atoms with E-state index in [4.69, 9.17) is 4.84 Å². The molecule has 1 N–H and O–H groups in total. The first-order valence-corrected chi connectivity index (χ1v) is 8.88. The number of nitrogens with zero attached hydrogens (tertiary/aromatic N) is 1. The van der Waals surface area contributed by atoms with Crippen LogP contribution in [0.4, 0.5) is 0 Å². The van der Waals surface area contributed by atoms with Gasteiger partial charge >= 0.3 is 0 Å². The van der Waals surface area contributed by atoms with Crippen molar-refractivity contribution in [1.82, 2.24) is 5.32 Å². The summed E-state index contributed by atoms with van der Waals surface area (Å²) in [4.78, 5) is 16.9. The Morgan fingerprint density at radius 3 is 2.23 bits per heavy atom. The van der Waals surface area contributed by atoms with Gasteiger partial charge in [0.1, 0.15) is 6.61 Å². The molecule has 1 rings (SSSR count). The summed E-state index contributed by atoms with van der Waals surface area (Å²) in [5, 5.41) is 7.23. The zero-order valence-electron chi connectivity index (χ0n) is 13.9. The quantitative estimate of drug-likeness (QED) is 0.478. The average molecular weight is 308 g/mol. The van der Waals surface area contributed by atoms with Gasteiger partial charge in [-0.2, -0.15) is 0 Å². The van der Waals surface area contributed by atoms with Crippen LogP contribution in [0.15, 0.2) is 17.8 Å². The number of rotatable bonds is 3. The number of oxime groups is 1. The number of amides is 1. The molecule has 0 aromatic rings. The third kappa shape index (κ3) is 10.4. The molecule has 1 amide bonds. The predicted molar refractivity (Wildman–Crippen MR) is 92.0 cm³/mol. The van der Waals surface area contributed by atoms with Crippen LogP contribution in [-0.4, -0.2) is 24.8 Å². The van der Waals surface area contributed by atoms with Crippen molar-refractivity contribution in [3.8, 4) is 0 Å². The molecule has 1 aliphatic heterocycles. The van der Waals surface area contributed by atoms with Gasteiger partial charge in [-0.25, -0.2) is 0 Å². The maximum absolute atomic E-state index is 11.7.